The number of nitrogens with one attached hydrogen (secondary N) is 2. The van der Waals surface area contributed by atoms with E-state index in [0.717, 1.165) is 87.5 Å². The van der Waals surface area contributed by atoms with Gasteiger partial charge in [-0.1, -0.05) is 24.3 Å². The van der Waals surface area contributed by atoms with E-state index in [4.69, 9.17) is 14.4 Å². The Morgan fingerprint density at radius 2 is 1.77 bits per heavy atom. The third-order valence-corrected chi connectivity index (χ3v) is 11.8. The van der Waals surface area contributed by atoms with Crippen molar-refractivity contribution in [2.24, 2.45) is 5.92 Å². The number of β-amino-alcohol motifs (C(OH)–C–C–N with tert-alkyl or cyclic N) is 1. The zero-order chi connectivity index (χ0) is 35.4. The summed E-state index contributed by atoms with van der Waals surface area (Å²) in [6.45, 7) is 7.33. The molecular formula is C43H43N7O2. The van der Waals surface area contributed by atoms with Crippen LogP contribution in [-0.4, -0.2) is 49.7 Å². The molecule has 0 amide bonds. The second-order valence-corrected chi connectivity index (χ2v) is 15.2. The lowest BCUT2D eigenvalue weighted by atomic mass is 9.93. The van der Waals surface area contributed by atoms with Crippen LogP contribution in [0.4, 0.5) is 11.5 Å². The molecule has 3 N–H and O–H groups in total. The van der Waals surface area contributed by atoms with Gasteiger partial charge in [0.15, 0.2) is 11.4 Å². The van der Waals surface area contributed by atoms with Gasteiger partial charge in [0.1, 0.15) is 17.1 Å². The van der Waals surface area contributed by atoms with Crippen LogP contribution in [0, 0.1) is 31.1 Å². The van der Waals surface area contributed by atoms with Gasteiger partial charge >= 0.3 is 0 Å². The summed E-state index contributed by atoms with van der Waals surface area (Å²) in [6, 6.07) is 23.0. The summed E-state index contributed by atoms with van der Waals surface area (Å²) in [6.07, 6.45) is 10.7. The van der Waals surface area contributed by atoms with Gasteiger partial charge in [-0.05, 0) is 128 Å². The summed E-state index contributed by atoms with van der Waals surface area (Å²) in [5, 5.41) is 28.5. The molecule has 6 aromatic rings. The summed E-state index contributed by atoms with van der Waals surface area (Å²) in [5.41, 5.74) is 11.2. The van der Waals surface area contributed by atoms with Crippen molar-refractivity contribution < 1.29 is 9.52 Å². The van der Waals surface area contributed by atoms with Gasteiger partial charge in [-0.3, -0.25) is 9.88 Å². The molecule has 9 rings (SSSR count). The molecule has 2 bridgehead atoms. The average Bonchev–Trinajstić information content (AvgIpc) is 3.96. The molecule has 0 unspecified atom stereocenters. The van der Waals surface area contributed by atoms with Crippen LogP contribution in [0.5, 0.6) is 0 Å². The standard InChI is InChI=1S/C43H43N7O2/c1-26-34(5-3-7-36(26)42-49-38-19-29(17-32(21-44)40(38)52-42)23-47-43-13-9-28(20-43)10-14-43)35-6-4-8-37(27(35)2)48-41-39-31(11-15-45-41)18-30(22-46-39)24-50-16-12-33(51)25-50/h3-8,11,15,17-19,22,28,33,47,51H,9-10,12-14,16,20,23-25H2,1-2H3,(H,45,48)/t28?,33-,43?/m1/s1. The van der Waals surface area contributed by atoms with E-state index >= 15 is 0 Å². The maximum Gasteiger partial charge on any atom is 0.227 e. The molecule has 2 aliphatic carbocycles. The van der Waals surface area contributed by atoms with Gasteiger partial charge < -0.3 is 20.2 Å². The van der Waals surface area contributed by atoms with Crippen LogP contribution in [-0.2, 0) is 13.1 Å². The van der Waals surface area contributed by atoms with Crippen LogP contribution in [0.1, 0.15) is 66.3 Å². The number of hydrogen-bond donors (Lipinski definition) is 3. The summed E-state index contributed by atoms with van der Waals surface area (Å²) >= 11 is 0. The fourth-order valence-corrected chi connectivity index (χ4v) is 8.97. The highest BCUT2D eigenvalue weighted by Crippen LogP contribution is 2.47. The molecule has 262 valence electrons. The van der Waals surface area contributed by atoms with Crippen LogP contribution >= 0.6 is 0 Å². The summed E-state index contributed by atoms with van der Waals surface area (Å²) in [7, 11) is 0. The smallest absolute Gasteiger partial charge is 0.227 e. The highest BCUT2D eigenvalue weighted by molar-refractivity contribution is 5.91. The number of pyridine rings is 2. The lowest BCUT2D eigenvalue weighted by Gasteiger charge is -2.28. The van der Waals surface area contributed by atoms with Crippen LogP contribution in [0.3, 0.4) is 0 Å². The van der Waals surface area contributed by atoms with Crippen molar-refractivity contribution >= 4 is 33.5 Å². The number of oxazole rings is 1. The molecule has 9 heteroatoms. The Hall–Kier alpha value is -5.14. The van der Waals surface area contributed by atoms with Crippen molar-refractivity contribution in [2.75, 3.05) is 18.4 Å². The van der Waals surface area contributed by atoms with Gasteiger partial charge in [0, 0.05) is 60.7 Å². The van der Waals surface area contributed by atoms with E-state index in [9.17, 15) is 10.4 Å². The number of aliphatic hydroxyl groups is 1. The fraction of sp³-hybridized carbons (Fsp3) is 0.349. The largest absolute Gasteiger partial charge is 0.435 e. The lowest BCUT2D eigenvalue weighted by molar-refractivity contribution is 0.175. The first kappa shape index (κ1) is 32.7. The molecule has 3 aliphatic rings. The maximum atomic E-state index is 10.1. The normalized spacial score (nSPS) is 21.3. The van der Waals surface area contributed by atoms with Crippen molar-refractivity contribution in [3.63, 3.8) is 0 Å². The number of nitrogens with zero attached hydrogens (tertiary/aromatic N) is 5. The number of nitriles is 1. The molecule has 3 aromatic heterocycles. The Kier molecular flexibility index (Phi) is 8.26. The summed E-state index contributed by atoms with van der Waals surface area (Å²) < 4.78 is 6.36. The van der Waals surface area contributed by atoms with Crippen LogP contribution in [0.25, 0.3) is 44.6 Å². The van der Waals surface area contributed by atoms with Crippen molar-refractivity contribution in [1.82, 2.24) is 25.2 Å². The van der Waals surface area contributed by atoms with E-state index < -0.39 is 0 Å². The van der Waals surface area contributed by atoms with Gasteiger partial charge in [-0.2, -0.15) is 5.26 Å². The fourth-order valence-electron chi connectivity index (χ4n) is 8.97. The van der Waals surface area contributed by atoms with E-state index in [1.807, 2.05) is 36.7 Å². The number of benzene rings is 3. The predicted molar refractivity (Wildman–Crippen MR) is 204 cm³/mol. The number of fused-ring (bicyclic) bond motifs is 4. The molecule has 9 nitrogen and oxygen atoms in total. The molecule has 1 atom stereocenters. The number of anilines is 2. The summed E-state index contributed by atoms with van der Waals surface area (Å²) in [5.74, 6) is 2.09. The Morgan fingerprint density at radius 1 is 0.962 bits per heavy atom. The minimum Gasteiger partial charge on any atom is -0.435 e. The molecule has 0 radical (unpaired) electrons. The zero-order valence-corrected chi connectivity index (χ0v) is 29.7. The first-order valence-electron chi connectivity index (χ1n) is 18.5. The second-order valence-electron chi connectivity index (χ2n) is 15.2. The molecular weight excluding hydrogens is 647 g/mol. The maximum absolute atomic E-state index is 10.1. The van der Waals surface area contributed by atoms with Gasteiger partial charge in [0.25, 0.3) is 0 Å². The monoisotopic (exact) mass is 689 g/mol. The van der Waals surface area contributed by atoms with E-state index in [-0.39, 0.29) is 11.6 Å². The predicted octanol–water partition coefficient (Wildman–Crippen LogP) is 8.33. The Morgan fingerprint density at radius 3 is 2.54 bits per heavy atom. The topological polar surface area (TPSA) is 123 Å². The number of hydrogen-bond acceptors (Lipinski definition) is 9. The highest BCUT2D eigenvalue weighted by atomic mass is 16.3. The van der Waals surface area contributed by atoms with E-state index in [1.165, 1.54) is 32.1 Å². The van der Waals surface area contributed by atoms with Crippen molar-refractivity contribution in [2.45, 2.75) is 77.1 Å². The molecule has 4 heterocycles. The Labute approximate surface area is 303 Å². The van der Waals surface area contributed by atoms with Gasteiger partial charge in [-0.15, -0.1) is 0 Å². The second kappa shape index (κ2) is 13.1. The third-order valence-electron chi connectivity index (χ3n) is 11.8. The van der Waals surface area contributed by atoms with E-state index in [0.29, 0.717) is 34.9 Å². The molecule has 0 spiro atoms. The van der Waals surface area contributed by atoms with Crippen molar-refractivity contribution in [1.29, 1.82) is 5.26 Å². The molecule has 52 heavy (non-hydrogen) atoms. The van der Waals surface area contributed by atoms with Gasteiger partial charge in [0.05, 0.1) is 11.7 Å². The molecule has 2 saturated carbocycles. The number of aromatic nitrogens is 3. The molecule has 1 saturated heterocycles. The first-order chi connectivity index (χ1) is 25.3. The third kappa shape index (κ3) is 6.01. The van der Waals surface area contributed by atoms with E-state index in [1.54, 1.807) is 0 Å². The Bertz CT molecular complexity index is 2370. The number of likely N-dealkylation sites (tertiary alicyclic amines) is 1. The SMILES string of the molecule is Cc1c(Nc2nccc3cc(CN4CC[C@@H](O)C4)cnc23)cccc1-c1cccc(-c2nc3cc(CNC45CCC(CC4)C5)cc(C#N)c3o2)c1C. The first-order valence-corrected chi connectivity index (χ1v) is 18.5. The minimum absolute atomic E-state index is 0.241. The zero-order valence-electron chi connectivity index (χ0n) is 29.7. The minimum atomic E-state index is -0.241. The quantitative estimate of drug-likeness (QED) is 0.138. The van der Waals surface area contributed by atoms with Crippen LogP contribution in [0.15, 0.2) is 77.5 Å². The Balaban J connectivity index is 0.988. The number of rotatable bonds is 9. The van der Waals surface area contributed by atoms with Crippen LogP contribution < -0.4 is 10.6 Å². The molecule has 3 aromatic carbocycles. The lowest BCUT2D eigenvalue weighted by Crippen LogP contribution is -2.40. The summed E-state index contributed by atoms with van der Waals surface area (Å²) in [4.78, 5) is 16.7. The van der Waals surface area contributed by atoms with Crippen molar-refractivity contribution in [3.05, 3.63) is 101 Å². The molecule has 1 aliphatic heterocycles. The average molecular weight is 690 g/mol. The highest BCUT2D eigenvalue weighted by Gasteiger charge is 2.44. The van der Waals surface area contributed by atoms with Gasteiger partial charge in [0.2, 0.25) is 5.89 Å². The van der Waals surface area contributed by atoms with Crippen molar-refractivity contribution in [3.8, 4) is 28.7 Å². The van der Waals surface area contributed by atoms with Gasteiger partial charge in [-0.25, -0.2) is 9.97 Å². The molecule has 3 fully saturated rings. The van der Waals surface area contributed by atoms with E-state index in [2.05, 4.69) is 76.8 Å². The van der Waals surface area contributed by atoms with Crippen LogP contribution in [0.2, 0.25) is 0 Å². The number of aliphatic hydroxyl groups excluding tert-OH is 1.